The molecule has 10 heteroatoms. The van der Waals surface area contributed by atoms with Crippen LogP contribution in [0.4, 0.5) is 17.5 Å². The highest BCUT2D eigenvalue weighted by Gasteiger charge is 2.20. The molecule has 0 aliphatic rings. The maximum Gasteiger partial charge on any atom is 0.246 e. The van der Waals surface area contributed by atoms with Crippen molar-refractivity contribution in [3.05, 3.63) is 53.2 Å². The van der Waals surface area contributed by atoms with Crippen molar-refractivity contribution in [2.75, 3.05) is 51.4 Å². The lowest BCUT2D eigenvalue weighted by Crippen LogP contribution is -2.45. The molecule has 0 fully saturated rings. The van der Waals surface area contributed by atoms with E-state index in [4.69, 9.17) is 11.6 Å². The van der Waals surface area contributed by atoms with Gasteiger partial charge in [0.1, 0.15) is 11.9 Å². The number of nitrogens with one attached hydrogen (secondary N) is 3. The third-order valence-electron chi connectivity index (χ3n) is 5.45. The van der Waals surface area contributed by atoms with Gasteiger partial charge in [0.05, 0.1) is 11.8 Å². The molecule has 0 bridgehead atoms. The number of anilines is 3. The lowest BCUT2D eigenvalue weighted by Gasteiger charge is -2.23. The number of likely N-dealkylation sites (N-methyl/N-ethyl adjacent to an activating group) is 2. The highest BCUT2D eigenvalue weighted by atomic mass is 35.5. The van der Waals surface area contributed by atoms with Crippen molar-refractivity contribution in [1.29, 1.82) is 0 Å². The highest BCUT2D eigenvalue weighted by Crippen LogP contribution is 2.20. The summed E-state index contributed by atoms with van der Waals surface area (Å²) in [6.45, 7) is 5.68. The Morgan fingerprint density at radius 2 is 2.00 bits per heavy atom. The average Bonchev–Trinajstić information content (AvgIpc) is 2.88. The SMILES string of the molecule is CCCNc1nc(Nc2cccc(Cl)c2)ncc1C#CCCCNC(=O)C(C)N(C)C(=O)C=CCN(C)C. The largest absolute Gasteiger partial charge is 0.369 e. The van der Waals surface area contributed by atoms with Crippen LogP contribution in [0.1, 0.15) is 38.7 Å². The fourth-order valence-electron chi connectivity index (χ4n) is 3.15. The molecular formula is C28H38ClN7O2. The number of halogens is 1. The fourth-order valence-corrected chi connectivity index (χ4v) is 3.34. The minimum absolute atomic E-state index is 0.197. The van der Waals surface area contributed by atoms with Crippen molar-refractivity contribution in [3.63, 3.8) is 0 Å². The number of hydrogen-bond donors (Lipinski definition) is 3. The van der Waals surface area contributed by atoms with E-state index in [1.54, 1.807) is 38.4 Å². The second kappa shape index (κ2) is 16.3. The van der Waals surface area contributed by atoms with Crippen molar-refractivity contribution in [2.45, 2.75) is 39.2 Å². The number of unbranched alkanes of at least 4 members (excludes halogenated alkanes) is 1. The number of carbonyl (C=O) groups is 2. The molecule has 0 aliphatic heterocycles. The molecule has 9 nitrogen and oxygen atoms in total. The van der Waals surface area contributed by atoms with Crippen LogP contribution in [0.3, 0.4) is 0 Å². The van der Waals surface area contributed by atoms with Crippen LogP contribution >= 0.6 is 11.6 Å². The van der Waals surface area contributed by atoms with Gasteiger partial charge >= 0.3 is 0 Å². The molecule has 0 saturated heterocycles. The van der Waals surface area contributed by atoms with Gasteiger partial charge in [-0.15, -0.1) is 0 Å². The van der Waals surface area contributed by atoms with Gasteiger partial charge in [-0.25, -0.2) is 4.98 Å². The Bertz CT molecular complexity index is 1160. The van der Waals surface area contributed by atoms with E-state index in [1.807, 2.05) is 31.1 Å². The molecule has 3 N–H and O–H groups in total. The summed E-state index contributed by atoms with van der Waals surface area (Å²) in [5.74, 6) is 6.97. The van der Waals surface area contributed by atoms with Crippen molar-refractivity contribution < 1.29 is 9.59 Å². The van der Waals surface area contributed by atoms with Gasteiger partial charge in [0, 0.05) is 49.9 Å². The summed E-state index contributed by atoms with van der Waals surface area (Å²) in [6, 6.07) is 6.78. The molecule has 0 spiro atoms. The van der Waals surface area contributed by atoms with Crippen LogP contribution in [0.2, 0.25) is 5.02 Å². The normalized spacial score (nSPS) is 11.6. The zero-order valence-electron chi connectivity index (χ0n) is 22.8. The molecule has 1 aromatic carbocycles. The molecule has 0 saturated carbocycles. The molecule has 1 aromatic heterocycles. The van der Waals surface area contributed by atoms with Gasteiger partial charge in [0.25, 0.3) is 0 Å². The minimum Gasteiger partial charge on any atom is -0.369 e. The quantitative estimate of drug-likeness (QED) is 0.201. The molecule has 38 heavy (non-hydrogen) atoms. The number of benzene rings is 1. The molecule has 2 rings (SSSR count). The van der Waals surface area contributed by atoms with Crippen LogP contribution in [0.15, 0.2) is 42.6 Å². The van der Waals surface area contributed by atoms with E-state index < -0.39 is 6.04 Å². The summed E-state index contributed by atoms with van der Waals surface area (Å²) in [7, 11) is 5.47. The van der Waals surface area contributed by atoms with Crippen LogP contribution < -0.4 is 16.0 Å². The maximum absolute atomic E-state index is 12.4. The molecule has 1 atom stereocenters. The Balaban J connectivity index is 1.87. The highest BCUT2D eigenvalue weighted by molar-refractivity contribution is 6.30. The molecule has 0 aliphatic carbocycles. The molecule has 1 heterocycles. The zero-order chi connectivity index (χ0) is 27.9. The lowest BCUT2D eigenvalue weighted by molar-refractivity contribution is -0.135. The van der Waals surface area contributed by atoms with E-state index in [0.29, 0.717) is 48.3 Å². The smallest absolute Gasteiger partial charge is 0.246 e. The predicted octanol–water partition coefficient (Wildman–Crippen LogP) is 3.91. The Kier molecular flexibility index (Phi) is 13.1. The van der Waals surface area contributed by atoms with E-state index in [2.05, 4.69) is 44.7 Å². The number of amides is 2. The summed E-state index contributed by atoms with van der Waals surface area (Å²) < 4.78 is 0. The summed E-state index contributed by atoms with van der Waals surface area (Å²) >= 11 is 6.06. The Morgan fingerprint density at radius 1 is 1.21 bits per heavy atom. The fraction of sp³-hybridized carbons (Fsp3) is 0.429. The predicted molar refractivity (Wildman–Crippen MR) is 155 cm³/mol. The topological polar surface area (TPSA) is 102 Å². The van der Waals surface area contributed by atoms with Crippen LogP contribution in [-0.4, -0.2) is 78.4 Å². The van der Waals surface area contributed by atoms with E-state index in [0.717, 1.165) is 18.7 Å². The number of nitrogens with zero attached hydrogens (tertiary/aromatic N) is 4. The van der Waals surface area contributed by atoms with Gasteiger partial charge in [0.2, 0.25) is 17.8 Å². The zero-order valence-corrected chi connectivity index (χ0v) is 23.6. The summed E-state index contributed by atoms with van der Waals surface area (Å²) in [6.07, 6.45) is 7.17. The first kappa shape index (κ1) is 30.6. The van der Waals surface area contributed by atoms with Crippen molar-refractivity contribution in [2.24, 2.45) is 0 Å². The third-order valence-corrected chi connectivity index (χ3v) is 5.69. The molecule has 0 radical (unpaired) electrons. The second-order valence-corrected chi connectivity index (χ2v) is 9.44. The standard InChI is InChI=1S/C28H38ClN7O2/c1-6-16-30-26-22(20-32-28(34-26)33-24-14-10-13-23(29)19-24)12-8-7-9-17-31-27(38)21(2)36(5)25(37)15-11-18-35(3)4/h10-11,13-15,19-21H,6-7,9,16-18H2,1-5H3,(H,31,38)(H2,30,32,33,34). The average molecular weight is 540 g/mol. The summed E-state index contributed by atoms with van der Waals surface area (Å²) in [5, 5.41) is 9.96. The maximum atomic E-state index is 12.4. The molecular weight excluding hydrogens is 502 g/mol. The molecule has 204 valence electrons. The lowest BCUT2D eigenvalue weighted by atomic mass is 10.2. The Hall–Kier alpha value is -3.61. The Labute approximate surface area is 231 Å². The first-order valence-corrected chi connectivity index (χ1v) is 13.1. The summed E-state index contributed by atoms with van der Waals surface area (Å²) in [4.78, 5) is 37.0. The third kappa shape index (κ3) is 10.8. The number of carbonyl (C=O) groups excluding carboxylic acids is 2. The van der Waals surface area contributed by atoms with Crippen molar-refractivity contribution in [3.8, 4) is 11.8 Å². The van der Waals surface area contributed by atoms with E-state index >= 15 is 0 Å². The van der Waals surface area contributed by atoms with Gasteiger partial charge in [-0.1, -0.05) is 42.5 Å². The van der Waals surface area contributed by atoms with Gasteiger partial charge in [-0.05, 0) is 52.1 Å². The van der Waals surface area contributed by atoms with Crippen LogP contribution in [0, 0.1) is 11.8 Å². The van der Waals surface area contributed by atoms with E-state index in [9.17, 15) is 9.59 Å². The van der Waals surface area contributed by atoms with Gasteiger partial charge in [-0.3, -0.25) is 9.59 Å². The Morgan fingerprint density at radius 3 is 2.71 bits per heavy atom. The van der Waals surface area contributed by atoms with Gasteiger partial charge < -0.3 is 25.8 Å². The molecule has 2 aromatic rings. The van der Waals surface area contributed by atoms with E-state index in [1.165, 1.54) is 11.0 Å². The van der Waals surface area contributed by atoms with E-state index in [-0.39, 0.29) is 11.8 Å². The van der Waals surface area contributed by atoms with Gasteiger partial charge in [-0.2, -0.15) is 4.98 Å². The molecule has 2 amide bonds. The van der Waals surface area contributed by atoms with Crippen LogP contribution in [-0.2, 0) is 9.59 Å². The number of hydrogen-bond acceptors (Lipinski definition) is 7. The molecule has 1 unspecified atom stereocenters. The number of rotatable bonds is 13. The number of aromatic nitrogens is 2. The van der Waals surface area contributed by atoms with Gasteiger partial charge in [0.15, 0.2) is 0 Å². The van der Waals surface area contributed by atoms with Crippen molar-refractivity contribution >= 4 is 40.9 Å². The van der Waals surface area contributed by atoms with Crippen LogP contribution in [0.25, 0.3) is 0 Å². The minimum atomic E-state index is -0.569. The first-order chi connectivity index (χ1) is 18.2. The second-order valence-electron chi connectivity index (χ2n) is 9.00. The monoisotopic (exact) mass is 539 g/mol. The van der Waals surface area contributed by atoms with Crippen LogP contribution in [0.5, 0.6) is 0 Å². The van der Waals surface area contributed by atoms with Crippen molar-refractivity contribution in [1.82, 2.24) is 25.1 Å². The summed E-state index contributed by atoms with van der Waals surface area (Å²) in [5.41, 5.74) is 1.50. The first-order valence-electron chi connectivity index (χ1n) is 12.7.